The number of nitrogens with two attached hydrogens (primary N) is 2. The zero-order chi connectivity index (χ0) is 13.7. The highest BCUT2D eigenvalue weighted by atomic mass is 127. The van der Waals surface area contributed by atoms with E-state index in [1.165, 1.54) is 12.8 Å². The van der Waals surface area contributed by atoms with E-state index < -0.39 is 5.41 Å². The predicted octanol–water partition coefficient (Wildman–Crippen LogP) is 0.733. The van der Waals surface area contributed by atoms with Crippen molar-refractivity contribution < 1.29 is 9.53 Å². The maximum absolute atomic E-state index is 11.7. The number of hydrogen-bond donors (Lipinski definition) is 3. The van der Waals surface area contributed by atoms with E-state index >= 15 is 0 Å². The third-order valence-corrected chi connectivity index (χ3v) is 4.23. The summed E-state index contributed by atoms with van der Waals surface area (Å²) in [6.07, 6.45) is 6.03. The predicted molar refractivity (Wildman–Crippen MR) is 89.0 cm³/mol. The topological polar surface area (TPSA) is 103 Å². The van der Waals surface area contributed by atoms with Crippen LogP contribution in [0, 0.1) is 5.41 Å². The summed E-state index contributed by atoms with van der Waals surface area (Å²) < 4.78 is 5.29. The van der Waals surface area contributed by atoms with E-state index in [1.54, 1.807) is 0 Å². The van der Waals surface area contributed by atoms with Crippen molar-refractivity contribution in [2.24, 2.45) is 21.9 Å². The van der Waals surface area contributed by atoms with Gasteiger partial charge in [-0.2, -0.15) is 0 Å². The summed E-state index contributed by atoms with van der Waals surface area (Å²) in [4.78, 5) is 16.0. The number of hydrogen-bond acceptors (Lipinski definition) is 3. The molecule has 0 radical (unpaired) electrons. The first-order valence-corrected chi connectivity index (χ1v) is 7.06. The van der Waals surface area contributed by atoms with Gasteiger partial charge >= 0.3 is 0 Å². The van der Waals surface area contributed by atoms with Crippen LogP contribution in [0.5, 0.6) is 0 Å². The minimum atomic E-state index is -0.583. The molecule has 2 rings (SSSR count). The van der Waals surface area contributed by atoms with Crippen molar-refractivity contribution in [3.8, 4) is 0 Å². The Morgan fingerprint density at radius 2 is 1.85 bits per heavy atom. The van der Waals surface area contributed by atoms with Gasteiger partial charge in [-0.1, -0.05) is 12.8 Å². The third-order valence-electron chi connectivity index (χ3n) is 4.23. The number of carbonyl (C=O) groups excluding carboxylic acids is 1. The van der Waals surface area contributed by atoms with Gasteiger partial charge in [-0.05, 0) is 25.7 Å². The van der Waals surface area contributed by atoms with E-state index in [0.29, 0.717) is 44.6 Å². The molecule has 1 heterocycles. The van der Waals surface area contributed by atoms with Gasteiger partial charge in [-0.25, -0.2) is 0 Å². The van der Waals surface area contributed by atoms with Gasteiger partial charge in [0.25, 0.3) is 0 Å². The molecule has 0 aromatic heterocycles. The summed E-state index contributed by atoms with van der Waals surface area (Å²) in [5, 5.41) is 3.22. The lowest BCUT2D eigenvalue weighted by Gasteiger charge is -2.32. The minimum Gasteiger partial charge on any atom is -0.381 e. The molecule has 7 heteroatoms. The summed E-state index contributed by atoms with van der Waals surface area (Å²) in [7, 11) is 0. The van der Waals surface area contributed by atoms with Crippen LogP contribution >= 0.6 is 24.0 Å². The lowest BCUT2D eigenvalue weighted by Crippen LogP contribution is -2.45. The summed E-state index contributed by atoms with van der Waals surface area (Å²) in [5.41, 5.74) is 10.8. The summed E-state index contributed by atoms with van der Waals surface area (Å²) in [5.74, 6) is 0.132. The van der Waals surface area contributed by atoms with Crippen LogP contribution in [0.15, 0.2) is 4.99 Å². The molecule has 1 aliphatic heterocycles. The molecule has 20 heavy (non-hydrogen) atoms. The van der Waals surface area contributed by atoms with Crippen LogP contribution in [-0.2, 0) is 9.53 Å². The molecule has 1 saturated heterocycles. The van der Waals surface area contributed by atoms with Crippen molar-refractivity contribution in [2.45, 2.75) is 44.6 Å². The van der Waals surface area contributed by atoms with Gasteiger partial charge in [0.1, 0.15) is 0 Å². The highest BCUT2D eigenvalue weighted by Crippen LogP contribution is 2.30. The van der Waals surface area contributed by atoms with Crippen LogP contribution in [0.3, 0.4) is 0 Å². The molecule has 116 valence electrons. The van der Waals surface area contributed by atoms with Crippen LogP contribution in [0.25, 0.3) is 0 Å². The zero-order valence-corrected chi connectivity index (χ0v) is 14.1. The highest BCUT2D eigenvalue weighted by Gasteiger charge is 2.38. The van der Waals surface area contributed by atoms with E-state index in [9.17, 15) is 4.79 Å². The largest absolute Gasteiger partial charge is 0.381 e. The monoisotopic (exact) mass is 396 g/mol. The number of halogens is 1. The van der Waals surface area contributed by atoms with E-state index in [4.69, 9.17) is 16.2 Å². The molecule has 5 N–H and O–H groups in total. The van der Waals surface area contributed by atoms with Crippen molar-refractivity contribution in [2.75, 3.05) is 19.8 Å². The molecule has 0 aromatic rings. The number of rotatable bonds is 4. The van der Waals surface area contributed by atoms with Gasteiger partial charge in [-0.15, -0.1) is 24.0 Å². The lowest BCUT2D eigenvalue weighted by atomic mass is 9.79. The van der Waals surface area contributed by atoms with Crippen LogP contribution in [-0.4, -0.2) is 37.7 Å². The third kappa shape index (κ3) is 4.47. The Hall–Kier alpha value is -0.570. The molecular weight excluding hydrogens is 371 g/mol. The van der Waals surface area contributed by atoms with Gasteiger partial charge in [0.05, 0.1) is 12.0 Å². The SMILES string of the molecule is I.NC(=O)C1(CN=C(N)NC2CCCC2)CCOCC1. The number of carbonyl (C=O) groups is 1. The number of nitrogens with one attached hydrogen (secondary N) is 1. The van der Waals surface area contributed by atoms with Gasteiger partial charge in [0.15, 0.2) is 5.96 Å². The lowest BCUT2D eigenvalue weighted by molar-refractivity contribution is -0.132. The van der Waals surface area contributed by atoms with E-state index in [2.05, 4.69) is 10.3 Å². The molecule has 0 spiro atoms. The van der Waals surface area contributed by atoms with Gasteiger partial charge in [0, 0.05) is 19.3 Å². The molecular formula is C13H25IN4O2. The molecule has 2 fully saturated rings. The second-order valence-corrected chi connectivity index (χ2v) is 5.58. The second-order valence-electron chi connectivity index (χ2n) is 5.58. The van der Waals surface area contributed by atoms with E-state index in [-0.39, 0.29) is 29.9 Å². The fraction of sp³-hybridized carbons (Fsp3) is 0.846. The standard InChI is InChI=1S/C13H24N4O2.HI/c14-11(18)13(5-7-19-8-6-13)9-16-12(15)17-10-3-1-2-4-10;/h10H,1-9H2,(H2,14,18)(H3,15,16,17);1H. The average Bonchev–Trinajstić information content (AvgIpc) is 2.90. The Balaban J connectivity index is 0.00000200. The Kier molecular flexibility index (Phi) is 7.01. The summed E-state index contributed by atoms with van der Waals surface area (Å²) in [6, 6.07) is 0.433. The van der Waals surface area contributed by atoms with Crippen molar-refractivity contribution in [3.05, 3.63) is 0 Å². The first-order valence-electron chi connectivity index (χ1n) is 7.06. The van der Waals surface area contributed by atoms with Crippen molar-refractivity contribution >= 4 is 35.8 Å². The zero-order valence-electron chi connectivity index (χ0n) is 11.8. The molecule has 0 bridgehead atoms. The quantitative estimate of drug-likeness (QED) is 0.370. The molecule has 2 aliphatic rings. The van der Waals surface area contributed by atoms with Gasteiger partial charge < -0.3 is 21.5 Å². The fourth-order valence-corrected chi connectivity index (χ4v) is 2.81. The maximum atomic E-state index is 11.7. The molecule has 1 aliphatic carbocycles. The van der Waals surface area contributed by atoms with Crippen LogP contribution < -0.4 is 16.8 Å². The number of amides is 1. The molecule has 0 atom stereocenters. The normalized spacial score (nSPS) is 23.1. The van der Waals surface area contributed by atoms with Crippen LogP contribution in [0.2, 0.25) is 0 Å². The molecule has 6 nitrogen and oxygen atoms in total. The number of guanidine groups is 1. The summed E-state index contributed by atoms with van der Waals surface area (Å²) in [6.45, 7) is 1.49. The molecule has 0 aromatic carbocycles. The summed E-state index contributed by atoms with van der Waals surface area (Å²) >= 11 is 0. The first kappa shape index (κ1) is 17.5. The van der Waals surface area contributed by atoms with Gasteiger partial charge in [0.2, 0.25) is 5.91 Å². The Labute approximate surface area is 137 Å². The minimum absolute atomic E-state index is 0. The average molecular weight is 396 g/mol. The van der Waals surface area contributed by atoms with Crippen molar-refractivity contribution in [3.63, 3.8) is 0 Å². The Morgan fingerprint density at radius 1 is 1.25 bits per heavy atom. The highest BCUT2D eigenvalue weighted by molar-refractivity contribution is 14.0. The Bertz CT molecular complexity index is 350. The second kappa shape index (κ2) is 8.02. The first-order chi connectivity index (χ1) is 9.12. The maximum Gasteiger partial charge on any atom is 0.225 e. The van der Waals surface area contributed by atoms with Crippen LogP contribution in [0.1, 0.15) is 38.5 Å². The number of ether oxygens (including phenoxy) is 1. The van der Waals surface area contributed by atoms with Crippen LogP contribution in [0.4, 0.5) is 0 Å². The Morgan fingerprint density at radius 3 is 2.40 bits per heavy atom. The van der Waals surface area contributed by atoms with E-state index in [0.717, 1.165) is 12.8 Å². The smallest absolute Gasteiger partial charge is 0.225 e. The molecule has 1 amide bonds. The molecule has 0 unspecified atom stereocenters. The number of nitrogens with zero attached hydrogens (tertiary/aromatic N) is 1. The van der Waals surface area contributed by atoms with E-state index in [1.807, 2.05) is 0 Å². The molecule has 1 saturated carbocycles. The fourth-order valence-electron chi connectivity index (χ4n) is 2.81. The van der Waals surface area contributed by atoms with Gasteiger partial charge in [-0.3, -0.25) is 9.79 Å². The number of aliphatic imine (C=N–C) groups is 1. The van der Waals surface area contributed by atoms with Crippen molar-refractivity contribution in [1.29, 1.82) is 0 Å². The van der Waals surface area contributed by atoms with Crippen molar-refractivity contribution in [1.82, 2.24) is 5.32 Å². The number of primary amides is 1.